The molecule has 0 bridgehead atoms. The van der Waals surface area contributed by atoms with Crippen LogP contribution >= 0.6 is 11.6 Å². The third kappa shape index (κ3) is 7.58. The van der Waals surface area contributed by atoms with Crippen molar-refractivity contribution in [3.8, 4) is 0 Å². The van der Waals surface area contributed by atoms with E-state index in [4.69, 9.17) is 16.3 Å². The normalized spacial score (nSPS) is 16.5. The monoisotopic (exact) mass is 496 g/mol. The van der Waals surface area contributed by atoms with Crippen LogP contribution in [0, 0.1) is 5.92 Å². The number of ether oxygens (including phenoxy) is 1. The third-order valence-corrected chi connectivity index (χ3v) is 5.53. The summed E-state index contributed by atoms with van der Waals surface area (Å²) >= 11 is 5.74. The predicted octanol–water partition coefficient (Wildman–Crippen LogP) is 2.31. The molecular weight excluding hydrogens is 464 g/mol. The Hall–Kier alpha value is -2.88. The van der Waals surface area contributed by atoms with Crippen LogP contribution in [0.15, 0.2) is 23.1 Å². The van der Waals surface area contributed by atoms with Crippen LogP contribution in [0.1, 0.15) is 53.0 Å². The molecule has 10 nitrogen and oxygen atoms in total. The Labute approximate surface area is 204 Å². The zero-order valence-corrected chi connectivity index (χ0v) is 20.8. The predicted molar refractivity (Wildman–Crippen MR) is 128 cm³/mol. The van der Waals surface area contributed by atoms with Crippen molar-refractivity contribution in [2.75, 3.05) is 30.8 Å². The minimum absolute atomic E-state index is 0.0260. The van der Waals surface area contributed by atoms with Gasteiger partial charge >= 0.3 is 6.09 Å². The number of nitrogens with one attached hydrogen (secondary N) is 2. The molecule has 0 spiro atoms. The van der Waals surface area contributed by atoms with Gasteiger partial charge in [0.1, 0.15) is 17.2 Å². The number of anilines is 1. The van der Waals surface area contributed by atoms with Crippen molar-refractivity contribution in [2.24, 2.45) is 5.92 Å². The van der Waals surface area contributed by atoms with E-state index in [2.05, 4.69) is 10.6 Å². The molecule has 0 aliphatic carbocycles. The lowest BCUT2D eigenvalue weighted by atomic mass is 10.0. The number of hydrogen-bond acceptors (Lipinski definition) is 6. The van der Waals surface area contributed by atoms with Crippen LogP contribution in [0.4, 0.5) is 10.5 Å². The van der Waals surface area contributed by atoms with Crippen molar-refractivity contribution in [1.29, 1.82) is 0 Å². The second kappa shape index (κ2) is 12.0. The van der Waals surface area contributed by atoms with E-state index in [0.717, 1.165) is 0 Å². The van der Waals surface area contributed by atoms with Gasteiger partial charge in [0.2, 0.25) is 11.8 Å². The molecule has 1 aromatic heterocycles. The largest absolute Gasteiger partial charge is 0.444 e. The summed E-state index contributed by atoms with van der Waals surface area (Å²) in [6.45, 7) is 7.30. The molecule has 0 unspecified atom stereocenters. The van der Waals surface area contributed by atoms with E-state index in [0.29, 0.717) is 25.8 Å². The number of Topliss-reactive ketones (excluding diaryl/α,β-unsaturated/α-hetero) is 1. The van der Waals surface area contributed by atoms with Crippen LogP contribution in [0.2, 0.25) is 0 Å². The second-order valence-corrected chi connectivity index (χ2v) is 9.48. The summed E-state index contributed by atoms with van der Waals surface area (Å²) in [4.78, 5) is 64.1. The number of ketones is 1. The molecule has 3 amide bonds. The maximum atomic E-state index is 13.3. The van der Waals surface area contributed by atoms with Crippen molar-refractivity contribution in [2.45, 2.75) is 58.6 Å². The summed E-state index contributed by atoms with van der Waals surface area (Å²) < 4.78 is 6.45. The van der Waals surface area contributed by atoms with Gasteiger partial charge in [-0.05, 0) is 45.7 Å². The summed E-state index contributed by atoms with van der Waals surface area (Å²) in [5.74, 6) is -1.72. The molecule has 0 radical (unpaired) electrons. The lowest BCUT2D eigenvalue weighted by Gasteiger charge is -2.26. The van der Waals surface area contributed by atoms with Gasteiger partial charge in [-0.2, -0.15) is 0 Å². The second-order valence-electron chi connectivity index (χ2n) is 9.22. The molecule has 1 aromatic rings. The summed E-state index contributed by atoms with van der Waals surface area (Å²) in [7, 11) is 0. The maximum Gasteiger partial charge on any atom is 0.412 e. The lowest BCUT2D eigenvalue weighted by Crippen LogP contribution is -2.44. The van der Waals surface area contributed by atoms with Crippen molar-refractivity contribution < 1.29 is 23.9 Å². The molecule has 2 rings (SSSR count). The van der Waals surface area contributed by atoms with Gasteiger partial charge in [0.25, 0.3) is 5.56 Å². The highest BCUT2D eigenvalue weighted by Gasteiger charge is 2.31. The van der Waals surface area contributed by atoms with Crippen molar-refractivity contribution in [3.05, 3.63) is 28.7 Å². The Morgan fingerprint density at radius 2 is 2.03 bits per heavy atom. The first-order chi connectivity index (χ1) is 16.0. The van der Waals surface area contributed by atoms with Gasteiger partial charge in [-0.3, -0.25) is 24.5 Å². The third-order valence-electron chi connectivity index (χ3n) is 5.30. The summed E-state index contributed by atoms with van der Waals surface area (Å²) in [5, 5.41) is 5.14. The Kier molecular flexibility index (Phi) is 9.66. The van der Waals surface area contributed by atoms with Crippen LogP contribution in [0.5, 0.6) is 0 Å². The molecule has 2 atom stereocenters. The van der Waals surface area contributed by atoms with Gasteiger partial charge in [-0.1, -0.05) is 13.3 Å². The van der Waals surface area contributed by atoms with Gasteiger partial charge in [-0.25, -0.2) is 4.79 Å². The number of alkyl halides is 1. The molecule has 11 heteroatoms. The number of pyridine rings is 1. The van der Waals surface area contributed by atoms with Gasteiger partial charge in [-0.15, -0.1) is 11.6 Å². The molecule has 1 fully saturated rings. The van der Waals surface area contributed by atoms with E-state index in [1.54, 1.807) is 26.8 Å². The number of nitrogens with zero attached hydrogens (tertiary/aromatic N) is 2. The first kappa shape index (κ1) is 27.4. The van der Waals surface area contributed by atoms with E-state index < -0.39 is 35.1 Å². The quantitative estimate of drug-likeness (QED) is 0.478. The highest BCUT2D eigenvalue weighted by molar-refractivity contribution is 6.27. The number of hydrogen-bond donors (Lipinski definition) is 2. The van der Waals surface area contributed by atoms with E-state index in [1.807, 2.05) is 6.92 Å². The van der Waals surface area contributed by atoms with Gasteiger partial charge in [0.15, 0.2) is 5.78 Å². The van der Waals surface area contributed by atoms with Crippen LogP contribution in [-0.4, -0.2) is 64.3 Å². The minimum atomic E-state index is -0.860. The van der Waals surface area contributed by atoms with E-state index in [1.165, 1.54) is 21.7 Å². The zero-order valence-electron chi connectivity index (χ0n) is 20.1. The molecule has 2 heterocycles. The number of aromatic nitrogens is 1. The van der Waals surface area contributed by atoms with Crippen LogP contribution in [-0.2, 0) is 19.1 Å². The summed E-state index contributed by atoms with van der Waals surface area (Å²) in [6.07, 6.45) is 2.20. The summed E-state index contributed by atoms with van der Waals surface area (Å²) in [6, 6.07) is 2.12. The average Bonchev–Trinajstić information content (AvgIpc) is 3.15. The molecule has 1 aliphatic rings. The molecule has 0 saturated carbocycles. The van der Waals surface area contributed by atoms with Gasteiger partial charge in [0, 0.05) is 19.3 Å². The fourth-order valence-corrected chi connectivity index (χ4v) is 3.88. The molecule has 1 saturated heterocycles. The van der Waals surface area contributed by atoms with E-state index >= 15 is 0 Å². The molecular formula is C23H33ClN4O6. The molecule has 188 valence electrons. The first-order valence-electron chi connectivity index (χ1n) is 11.3. The number of amides is 3. The lowest BCUT2D eigenvalue weighted by molar-refractivity contribution is -0.136. The Morgan fingerprint density at radius 1 is 1.32 bits per heavy atom. The van der Waals surface area contributed by atoms with Crippen molar-refractivity contribution >= 4 is 41.0 Å². The van der Waals surface area contributed by atoms with Crippen molar-refractivity contribution in [1.82, 2.24) is 14.8 Å². The fraction of sp³-hybridized carbons (Fsp3) is 0.609. The molecule has 1 aliphatic heterocycles. The number of carbonyl (C=O) groups excluding carboxylic acids is 4. The number of rotatable bonds is 10. The van der Waals surface area contributed by atoms with Gasteiger partial charge < -0.3 is 19.5 Å². The maximum absolute atomic E-state index is 13.3. The highest BCUT2D eigenvalue weighted by atomic mass is 35.5. The Bertz CT molecular complexity index is 971. The fourth-order valence-electron chi connectivity index (χ4n) is 3.71. The smallest absolute Gasteiger partial charge is 0.412 e. The SMILES string of the molecule is CCC[C@@H](C(=O)CN(C[C@@H]1CCNC1=O)C(=O)CCl)n1cccc(NC(=O)OC(C)(C)C)c1=O. The summed E-state index contributed by atoms with van der Waals surface area (Å²) in [5.41, 5.74) is -1.33. The highest BCUT2D eigenvalue weighted by Crippen LogP contribution is 2.18. The Balaban J connectivity index is 2.25. The average molecular weight is 497 g/mol. The van der Waals surface area contributed by atoms with E-state index in [-0.39, 0.29) is 36.3 Å². The Morgan fingerprint density at radius 3 is 2.59 bits per heavy atom. The molecule has 2 N–H and O–H groups in total. The molecule has 0 aromatic carbocycles. The zero-order chi connectivity index (χ0) is 25.5. The molecule has 34 heavy (non-hydrogen) atoms. The van der Waals surface area contributed by atoms with Crippen molar-refractivity contribution in [3.63, 3.8) is 0 Å². The standard InChI is InChI=1S/C23H33ClN4O6/c1-5-7-17(18(29)14-27(19(30)12-24)13-15-9-10-25-20(15)31)28-11-6-8-16(21(28)32)26-22(33)34-23(2,3)4/h6,8,11,15,17H,5,7,9-10,12-14H2,1-4H3,(H,25,31)(H,26,33)/t15-,17-/m0/s1. The van der Waals surface area contributed by atoms with Crippen LogP contribution in [0.25, 0.3) is 0 Å². The van der Waals surface area contributed by atoms with Gasteiger partial charge in [0.05, 0.1) is 18.5 Å². The topological polar surface area (TPSA) is 127 Å². The number of halogens is 1. The minimum Gasteiger partial charge on any atom is -0.444 e. The van der Waals surface area contributed by atoms with Crippen LogP contribution in [0.3, 0.4) is 0 Å². The van der Waals surface area contributed by atoms with Crippen LogP contribution < -0.4 is 16.2 Å². The first-order valence-corrected chi connectivity index (χ1v) is 11.9. The number of carbonyl (C=O) groups is 4. The van der Waals surface area contributed by atoms with E-state index in [9.17, 15) is 24.0 Å².